The number of hydrogen-bond acceptors (Lipinski definition) is 10. The van der Waals surface area contributed by atoms with E-state index in [2.05, 4.69) is 48.0 Å². The Kier molecular flexibility index (Phi) is 10.7. The molecule has 1 saturated heterocycles. The molecular formula is C45H48N6O6. The minimum Gasteiger partial charge on any atom is -0.496 e. The number of aromatic nitrogens is 3. The zero-order valence-corrected chi connectivity index (χ0v) is 32.9. The third-order valence-electron chi connectivity index (χ3n) is 12.0. The van der Waals surface area contributed by atoms with Crippen LogP contribution >= 0.6 is 0 Å². The zero-order valence-electron chi connectivity index (χ0n) is 32.9. The minimum absolute atomic E-state index is 0.241. The summed E-state index contributed by atoms with van der Waals surface area (Å²) in [6.07, 6.45) is 6.19. The maximum absolute atomic E-state index is 11.5. The summed E-state index contributed by atoms with van der Waals surface area (Å²) in [6.45, 7) is 4.97. The number of methoxy groups -OCH3 is 2. The van der Waals surface area contributed by atoms with Gasteiger partial charge in [-0.3, -0.25) is 14.6 Å². The fourth-order valence-corrected chi connectivity index (χ4v) is 8.76. The summed E-state index contributed by atoms with van der Waals surface area (Å²) in [6, 6.07) is 22.7. The second-order valence-corrected chi connectivity index (χ2v) is 15.5. The highest BCUT2D eigenvalue weighted by Gasteiger charge is 2.29. The SMILES string of the molecule is COc1cc(-n2ncc3c(-c4cccc(-c5nc6cc(CN(C)C7CCC(C(=O)O)CC7)cc(C#N)c6o5)c4C)cccc32)cc(OC)c1CN1CCC(O)CC1. The van der Waals surface area contributed by atoms with Gasteiger partial charge in [0.1, 0.15) is 23.1 Å². The number of benzene rings is 4. The highest BCUT2D eigenvalue weighted by atomic mass is 16.5. The van der Waals surface area contributed by atoms with E-state index in [0.29, 0.717) is 48.5 Å². The largest absolute Gasteiger partial charge is 0.496 e. The number of carboxylic acids is 1. The Labute approximate surface area is 331 Å². The lowest BCUT2D eigenvalue weighted by atomic mass is 9.85. The van der Waals surface area contributed by atoms with Crippen molar-refractivity contribution < 1.29 is 28.9 Å². The number of aliphatic carboxylic acids is 1. The van der Waals surface area contributed by atoms with Gasteiger partial charge in [0.05, 0.1) is 54.8 Å². The van der Waals surface area contributed by atoms with Crippen molar-refractivity contribution in [3.8, 4) is 45.8 Å². The third-order valence-corrected chi connectivity index (χ3v) is 12.0. The first kappa shape index (κ1) is 38.1. The van der Waals surface area contributed by atoms with Crippen LogP contribution in [0.2, 0.25) is 0 Å². The van der Waals surface area contributed by atoms with Gasteiger partial charge in [-0.1, -0.05) is 24.3 Å². The summed E-state index contributed by atoms with van der Waals surface area (Å²) >= 11 is 0. The minimum atomic E-state index is -0.705. The van der Waals surface area contributed by atoms with Crippen molar-refractivity contribution in [2.75, 3.05) is 34.4 Å². The van der Waals surface area contributed by atoms with Crippen LogP contribution in [0.4, 0.5) is 0 Å². The molecule has 0 spiro atoms. The van der Waals surface area contributed by atoms with Gasteiger partial charge in [-0.2, -0.15) is 10.4 Å². The van der Waals surface area contributed by atoms with Crippen LogP contribution in [0.15, 0.2) is 71.3 Å². The number of likely N-dealkylation sites (tertiary alicyclic amines) is 1. The first-order valence-electron chi connectivity index (χ1n) is 19.6. The average Bonchev–Trinajstić information content (AvgIpc) is 3.86. The van der Waals surface area contributed by atoms with Crippen LogP contribution < -0.4 is 9.47 Å². The molecule has 12 heteroatoms. The molecule has 6 aromatic rings. The molecule has 1 saturated carbocycles. The molecule has 2 aromatic heterocycles. The molecule has 4 aromatic carbocycles. The van der Waals surface area contributed by atoms with E-state index in [-0.39, 0.29) is 18.1 Å². The number of oxazole rings is 1. The van der Waals surface area contributed by atoms with Gasteiger partial charge in [-0.15, -0.1) is 0 Å². The maximum Gasteiger partial charge on any atom is 0.306 e. The molecule has 1 aliphatic heterocycles. The topological polar surface area (TPSA) is 150 Å². The lowest BCUT2D eigenvalue weighted by Crippen LogP contribution is -2.36. The number of hydrogen-bond donors (Lipinski definition) is 2. The third kappa shape index (κ3) is 7.46. The summed E-state index contributed by atoms with van der Waals surface area (Å²) in [4.78, 5) is 21.0. The lowest BCUT2D eigenvalue weighted by Gasteiger charge is -2.33. The number of carbonyl (C=O) groups is 1. The van der Waals surface area contributed by atoms with Crippen molar-refractivity contribution >= 4 is 28.0 Å². The Morgan fingerprint density at radius 2 is 1.65 bits per heavy atom. The fraction of sp³-hybridized carbons (Fsp3) is 0.378. The molecule has 0 atom stereocenters. The van der Waals surface area contributed by atoms with Gasteiger partial charge >= 0.3 is 5.97 Å². The lowest BCUT2D eigenvalue weighted by molar-refractivity contribution is -0.143. The summed E-state index contributed by atoms with van der Waals surface area (Å²) < 4.78 is 20.1. The van der Waals surface area contributed by atoms with E-state index in [0.717, 1.165) is 100 Å². The number of nitriles is 1. The second-order valence-electron chi connectivity index (χ2n) is 15.5. The van der Waals surface area contributed by atoms with Crippen molar-refractivity contribution in [3.05, 3.63) is 89.1 Å². The molecule has 12 nitrogen and oxygen atoms in total. The van der Waals surface area contributed by atoms with Gasteiger partial charge in [0.25, 0.3) is 0 Å². The number of piperidine rings is 1. The number of aliphatic hydroxyl groups is 1. The number of aliphatic hydroxyl groups excluding tert-OH is 1. The molecule has 2 fully saturated rings. The molecule has 8 rings (SSSR count). The van der Waals surface area contributed by atoms with Crippen molar-refractivity contribution in [1.82, 2.24) is 24.6 Å². The quantitative estimate of drug-likeness (QED) is 0.133. The molecule has 0 unspecified atom stereocenters. The van der Waals surface area contributed by atoms with Crippen LogP contribution in [0.5, 0.6) is 11.5 Å². The number of fused-ring (bicyclic) bond motifs is 2. The standard InChI is InChI=1S/C45H48N6O6/c1-27-34(7-5-8-35(27)44-48-39-20-28(19-30(23-46)43(39)57-44)25-49(2)31-13-11-29(12-14-31)45(53)54)36-9-6-10-40-37(36)24-47-51(40)32-21-41(55-3)38(42(22-32)56-4)26-50-17-15-33(52)16-18-50/h5-10,19-22,24,29,31,33,52H,11-18,25-26H2,1-4H3,(H,53,54). The summed E-state index contributed by atoms with van der Waals surface area (Å²) in [5, 5.41) is 35.4. The van der Waals surface area contributed by atoms with Gasteiger partial charge in [-0.05, 0) is 99.0 Å². The molecule has 2 N–H and O–H groups in total. The molecule has 1 aliphatic carbocycles. The van der Waals surface area contributed by atoms with Crippen molar-refractivity contribution in [3.63, 3.8) is 0 Å². The summed E-state index contributed by atoms with van der Waals surface area (Å²) in [5.74, 6) is 0.915. The molecule has 2 aliphatic rings. The van der Waals surface area contributed by atoms with Gasteiger partial charge in [0, 0.05) is 55.3 Å². The van der Waals surface area contributed by atoms with E-state index in [1.54, 1.807) is 14.2 Å². The number of nitrogens with zero attached hydrogens (tertiary/aromatic N) is 6. The van der Waals surface area contributed by atoms with Gasteiger partial charge < -0.3 is 24.1 Å². The fourth-order valence-electron chi connectivity index (χ4n) is 8.76. The van der Waals surface area contributed by atoms with Crippen LogP contribution in [0.1, 0.15) is 60.8 Å². The van der Waals surface area contributed by atoms with Crippen LogP contribution in [0, 0.1) is 24.2 Å². The Morgan fingerprint density at radius 1 is 0.965 bits per heavy atom. The van der Waals surface area contributed by atoms with E-state index in [9.17, 15) is 20.3 Å². The Morgan fingerprint density at radius 3 is 2.33 bits per heavy atom. The highest BCUT2D eigenvalue weighted by molar-refractivity contribution is 5.97. The normalized spacial score (nSPS) is 18.0. The Bertz CT molecular complexity index is 2460. The maximum atomic E-state index is 11.5. The number of carboxylic acid groups (broad SMARTS) is 1. The molecule has 294 valence electrons. The van der Waals surface area contributed by atoms with Gasteiger partial charge in [0.2, 0.25) is 5.89 Å². The van der Waals surface area contributed by atoms with Crippen LogP contribution in [-0.2, 0) is 17.9 Å². The molecule has 0 bridgehead atoms. The number of rotatable bonds is 11. The first-order valence-corrected chi connectivity index (χ1v) is 19.6. The predicted octanol–water partition coefficient (Wildman–Crippen LogP) is 7.73. The summed E-state index contributed by atoms with van der Waals surface area (Å²) in [5.41, 5.74) is 9.02. The van der Waals surface area contributed by atoms with E-state index in [4.69, 9.17) is 24.0 Å². The van der Waals surface area contributed by atoms with E-state index in [1.165, 1.54) is 0 Å². The van der Waals surface area contributed by atoms with Crippen LogP contribution in [-0.4, -0.2) is 87.2 Å². The Hall–Kier alpha value is -5.74. The van der Waals surface area contributed by atoms with E-state index < -0.39 is 5.97 Å². The molecular weight excluding hydrogens is 721 g/mol. The Balaban J connectivity index is 1.09. The molecule has 57 heavy (non-hydrogen) atoms. The van der Waals surface area contributed by atoms with Crippen molar-refractivity contribution in [2.24, 2.45) is 5.92 Å². The van der Waals surface area contributed by atoms with Crippen molar-refractivity contribution in [1.29, 1.82) is 5.26 Å². The highest BCUT2D eigenvalue weighted by Crippen LogP contribution is 2.39. The van der Waals surface area contributed by atoms with E-state index >= 15 is 0 Å². The van der Waals surface area contributed by atoms with Crippen LogP contribution in [0.3, 0.4) is 0 Å². The zero-order chi connectivity index (χ0) is 39.8. The van der Waals surface area contributed by atoms with Crippen molar-refractivity contribution in [2.45, 2.75) is 70.7 Å². The van der Waals surface area contributed by atoms with E-state index in [1.807, 2.05) is 53.3 Å². The van der Waals surface area contributed by atoms with Crippen LogP contribution in [0.25, 0.3) is 50.3 Å². The smallest absolute Gasteiger partial charge is 0.306 e. The molecule has 0 amide bonds. The average molecular weight is 769 g/mol. The summed E-state index contributed by atoms with van der Waals surface area (Å²) in [7, 11) is 5.40. The monoisotopic (exact) mass is 768 g/mol. The molecule has 0 radical (unpaired) electrons. The predicted molar refractivity (Wildman–Crippen MR) is 217 cm³/mol. The second kappa shape index (κ2) is 16.0. The van der Waals surface area contributed by atoms with Gasteiger partial charge in [0.15, 0.2) is 5.58 Å². The number of ether oxygens (including phenoxy) is 2. The first-order chi connectivity index (χ1) is 27.6. The van der Waals surface area contributed by atoms with Gasteiger partial charge in [-0.25, -0.2) is 9.67 Å². The molecule has 3 heterocycles.